The lowest BCUT2D eigenvalue weighted by Gasteiger charge is -2.03. The quantitative estimate of drug-likeness (QED) is 0.0995. The second-order valence-corrected chi connectivity index (χ2v) is 11.8. The Morgan fingerprint density at radius 2 is 0.864 bits per heavy atom. The van der Waals surface area contributed by atoms with Gasteiger partial charge in [-0.3, -0.25) is 0 Å². The SMILES string of the molecule is C=CCCCCCCCCCCCCCCCCC[SiH](Cl)Cl. The van der Waals surface area contributed by atoms with Crippen molar-refractivity contribution >= 4 is 29.6 Å². The normalized spacial score (nSPS) is 11.2. The maximum atomic E-state index is 5.85. The molecule has 0 bridgehead atoms. The minimum Gasteiger partial charge on any atom is -0.150 e. The third-order valence-electron chi connectivity index (χ3n) is 4.33. The van der Waals surface area contributed by atoms with Crippen molar-refractivity contribution in [1.82, 2.24) is 0 Å². The zero-order chi connectivity index (χ0) is 16.3. The smallest absolute Gasteiger partial charge is 0.150 e. The van der Waals surface area contributed by atoms with Crippen LogP contribution in [0.4, 0.5) is 0 Å². The van der Waals surface area contributed by atoms with Crippen molar-refractivity contribution in [3.05, 3.63) is 12.7 Å². The lowest BCUT2D eigenvalue weighted by Crippen LogP contribution is -1.91. The second kappa shape index (κ2) is 19.6. The molecule has 0 aliphatic heterocycles. The molecule has 0 atom stereocenters. The summed E-state index contributed by atoms with van der Waals surface area (Å²) in [5.41, 5.74) is 0. The van der Waals surface area contributed by atoms with Gasteiger partial charge in [0, 0.05) is 0 Å². The number of allylic oxidation sites excluding steroid dienone is 1. The summed E-state index contributed by atoms with van der Waals surface area (Å²) >= 11 is 11.7. The van der Waals surface area contributed by atoms with Crippen LogP contribution in [-0.4, -0.2) is 7.42 Å². The van der Waals surface area contributed by atoms with E-state index < -0.39 is 7.42 Å². The highest BCUT2D eigenvalue weighted by Crippen LogP contribution is 2.15. The monoisotopic (exact) mass is 364 g/mol. The summed E-state index contributed by atoms with van der Waals surface area (Å²) < 4.78 is 0. The molecule has 0 saturated heterocycles. The van der Waals surface area contributed by atoms with Crippen molar-refractivity contribution in [2.45, 2.75) is 109 Å². The van der Waals surface area contributed by atoms with E-state index in [2.05, 4.69) is 6.58 Å². The Bertz CT molecular complexity index is 219. The van der Waals surface area contributed by atoms with E-state index >= 15 is 0 Å². The molecule has 0 aliphatic rings. The molecule has 0 amide bonds. The van der Waals surface area contributed by atoms with Crippen molar-refractivity contribution < 1.29 is 0 Å². The van der Waals surface area contributed by atoms with Crippen LogP contribution in [0, 0.1) is 0 Å². The molecule has 0 heterocycles. The van der Waals surface area contributed by atoms with Gasteiger partial charge in [0.2, 0.25) is 7.42 Å². The van der Waals surface area contributed by atoms with Crippen LogP contribution < -0.4 is 0 Å². The van der Waals surface area contributed by atoms with Crippen molar-refractivity contribution in [1.29, 1.82) is 0 Å². The molecule has 3 heteroatoms. The van der Waals surface area contributed by atoms with E-state index in [1.165, 1.54) is 103 Å². The molecule has 0 aromatic carbocycles. The summed E-state index contributed by atoms with van der Waals surface area (Å²) in [6.07, 6.45) is 24.3. The average Bonchev–Trinajstić information content (AvgIpc) is 2.50. The molecule has 0 aromatic heterocycles. The minimum atomic E-state index is -1.32. The predicted octanol–water partition coefficient (Wildman–Crippen LogP) is 8.11. The van der Waals surface area contributed by atoms with Gasteiger partial charge in [-0.15, -0.1) is 6.58 Å². The van der Waals surface area contributed by atoms with Crippen LogP contribution in [0.5, 0.6) is 0 Å². The van der Waals surface area contributed by atoms with Crippen molar-refractivity contribution in [3.63, 3.8) is 0 Å². The van der Waals surface area contributed by atoms with Crippen LogP contribution in [0.3, 0.4) is 0 Å². The summed E-state index contributed by atoms with van der Waals surface area (Å²) in [6, 6.07) is 1.09. The van der Waals surface area contributed by atoms with E-state index in [4.69, 9.17) is 22.2 Å². The van der Waals surface area contributed by atoms with Crippen molar-refractivity contribution in [2.75, 3.05) is 0 Å². The Morgan fingerprint density at radius 1 is 0.545 bits per heavy atom. The Balaban J connectivity index is 2.95. The minimum absolute atomic E-state index is 1.09. The van der Waals surface area contributed by atoms with Gasteiger partial charge in [0.15, 0.2) is 0 Å². The van der Waals surface area contributed by atoms with Gasteiger partial charge in [-0.05, 0) is 18.9 Å². The highest BCUT2D eigenvalue weighted by atomic mass is 35.7. The van der Waals surface area contributed by atoms with E-state index in [1.807, 2.05) is 6.08 Å². The van der Waals surface area contributed by atoms with Gasteiger partial charge >= 0.3 is 0 Å². The fraction of sp³-hybridized carbons (Fsp3) is 0.895. The molecule has 0 fully saturated rings. The number of halogens is 2. The van der Waals surface area contributed by atoms with E-state index in [-0.39, 0.29) is 0 Å². The van der Waals surface area contributed by atoms with Gasteiger partial charge in [-0.2, -0.15) is 22.2 Å². The van der Waals surface area contributed by atoms with E-state index in [1.54, 1.807) is 0 Å². The van der Waals surface area contributed by atoms with Crippen molar-refractivity contribution in [3.8, 4) is 0 Å². The fourth-order valence-electron chi connectivity index (χ4n) is 2.89. The maximum absolute atomic E-state index is 5.85. The van der Waals surface area contributed by atoms with E-state index in [0.717, 1.165) is 6.04 Å². The number of hydrogen-bond donors (Lipinski definition) is 0. The van der Waals surface area contributed by atoms with Crippen LogP contribution in [0.15, 0.2) is 12.7 Å². The molecule has 0 unspecified atom stereocenters. The molecule has 0 N–H and O–H groups in total. The summed E-state index contributed by atoms with van der Waals surface area (Å²) in [4.78, 5) is 0. The van der Waals surface area contributed by atoms with Gasteiger partial charge in [0.25, 0.3) is 0 Å². The third kappa shape index (κ3) is 20.5. The number of unbranched alkanes of at least 4 members (excludes halogenated alkanes) is 15. The van der Waals surface area contributed by atoms with E-state index in [0.29, 0.717) is 0 Å². The first kappa shape index (κ1) is 22.5. The summed E-state index contributed by atoms with van der Waals surface area (Å²) in [5.74, 6) is 0. The zero-order valence-electron chi connectivity index (χ0n) is 14.6. The maximum Gasteiger partial charge on any atom is 0.237 e. The third-order valence-corrected chi connectivity index (χ3v) is 6.48. The first-order valence-electron chi connectivity index (χ1n) is 9.66. The molecular formula is C19H38Cl2Si. The molecule has 132 valence electrons. The summed E-state index contributed by atoms with van der Waals surface area (Å²) in [7, 11) is -1.32. The molecule has 0 rings (SSSR count). The molecule has 22 heavy (non-hydrogen) atoms. The van der Waals surface area contributed by atoms with Gasteiger partial charge in [-0.1, -0.05) is 96.0 Å². The lowest BCUT2D eigenvalue weighted by molar-refractivity contribution is 0.533. The molecule has 0 saturated carbocycles. The van der Waals surface area contributed by atoms with Crippen LogP contribution in [0.1, 0.15) is 103 Å². The highest BCUT2D eigenvalue weighted by Gasteiger charge is 2.00. The Kier molecular flexibility index (Phi) is 20.1. The van der Waals surface area contributed by atoms with Crippen LogP contribution in [-0.2, 0) is 0 Å². The van der Waals surface area contributed by atoms with Crippen LogP contribution in [0.2, 0.25) is 6.04 Å². The number of hydrogen-bond acceptors (Lipinski definition) is 0. The largest absolute Gasteiger partial charge is 0.237 e. The fourth-order valence-corrected chi connectivity index (χ4v) is 4.41. The van der Waals surface area contributed by atoms with Gasteiger partial charge < -0.3 is 0 Å². The topological polar surface area (TPSA) is 0 Å². The predicted molar refractivity (Wildman–Crippen MR) is 108 cm³/mol. The lowest BCUT2D eigenvalue weighted by atomic mass is 10.0. The van der Waals surface area contributed by atoms with E-state index in [9.17, 15) is 0 Å². The Morgan fingerprint density at radius 3 is 1.18 bits per heavy atom. The molecule has 0 aromatic rings. The molecular weight excluding hydrogens is 327 g/mol. The molecule has 0 spiro atoms. The summed E-state index contributed by atoms with van der Waals surface area (Å²) in [6.45, 7) is 3.77. The van der Waals surface area contributed by atoms with Crippen LogP contribution in [0.25, 0.3) is 0 Å². The number of rotatable bonds is 18. The van der Waals surface area contributed by atoms with Crippen LogP contribution >= 0.6 is 22.2 Å². The van der Waals surface area contributed by atoms with Gasteiger partial charge in [-0.25, -0.2) is 0 Å². The standard InChI is InChI=1S/C19H38Cl2Si/c1-2-3-4-5-6-7-8-9-10-11-12-13-14-15-16-17-18-19-22(20)21/h2,22H,1,3-19H2. The summed E-state index contributed by atoms with van der Waals surface area (Å²) in [5, 5.41) is 0. The first-order valence-corrected chi connectivity index (χ1v) is 14.0. The second-order valence-electron chi connectivity index (χ2n) is 6.56. The highest BCUT2D eigenvalue weighted by molar-refractivity contribution is 7.33. The Hall–Kier alpha value is 0.537. The van der Waals surface area contributed by atoms with Crippen molar-refractivity contribution in [2.24, 2.45) is 0 Å². The molecule has 0 aliphatic carbocycles. The zero-order valence-corrected chi connectivity index (χ0v) is 17.3. The van der Waals surface area contributed by atoms with Gasteiger partial charge in [0.05, 0.1) is 0 Å². The average molecular weight is 366 g/mol. The molecule has 0 radical (unpaired) electrons. The Labute approximate surface area is 151 Å². The van der Waals surface area contributed by atoms with Gasteiger partial charge in [0.1, 0.15) is 0 Å². The first-order chi connectivity index (χ1) is 10.8. The molecule has 0 nitrogen and oxygen atoms in total.